The number of carbonyl (C=O) groups is 1. The summed E-state index contributed by atoms with van der Waals surface area (Å²) in [5, 5.41) is 13.2. The summed E-state index contributed by atoms with van der Waals surface area (Å²) in [7, 11) is -4.30. The highest BCUT2D eigenvalue weighted by Crippen LogP contribution is 2.14. The lowest BCUT2D eigenvalue weighted by molar-refractivity contribution is -0.122. The number of allylic oxidation sites excluding steroid dienone is 6. The highest BCUT2D eigenvalue weighted by atomic mass is 32.2. The van der Waals surface area contributed by atoms with Crippen LogP contribution in [0.4, 0.5) is 0 Å². The maximum atomic E-state index is 12.4. The van der Waals surface area contributed by atoms with Gasteiger partial charge in [-0.25, -0.2) is 0 Å². The van der Waals surface area contributed by atoms with E-state index in [4.69, 9.17) is 0 Å². The van der Waals surface area contributed by atoms with Crippen LogP contribution in [0.2, 0.25) is 0 Å². The molecule has 234 valence electrons. The number of carbonyl (C=O) groups excluding carboxylic acids is 1. The molecule has 40 heavy (non-hydrogen) atoms. The molecule has 0 aliphatic rings. The van der Waals surface area contributed by atoms with E-state index in [1.54, 1.807) is 0 Å². The van der Waals surface area contributed by atoms with Crippen LogP contribution in [0.1, 0.15) is 149 Å². The Bertz CT molecular complexity index is 776. The van der Waals surface area contributed by atoms with Crippen molar-refractivity contribution in [2.45, 2.75) is 161 Å². The third-order valence-corrected chi connectivity index (χ3v) is 7.89. The third kappa shape index (κ3) is 28.1. The van der Waals surface area contributed by atoms with E-state index in [0.717, 1.165) is 70.6 Å². The fourth-order valence-corrected chi connectivity index (χ4v) is 5.46. The Kier molecular flexibility index (Phi) is 26.7. The van der Waals surface area contributed by atoms with Gasteiger partial charge in [-0.15, -0.1) is 0 Å². The van der Waals surface area contributed by atoms with E-state index in [-0.39, 0.29) is 5.91 Å². The summed E-state index contributed by atoms with van der Waals surface area (Å²) in [6.45, 7) is 4.34. The van der Waals surface area contributed by atoms with Gasteiger partial charge in [-0.05, 0) is 44.9 Å². The Morgan fingerprint density at radius 3 is 1.77 bits per heavy atom. The molecule has 6 nitrogen and oxygen atoms in total. The first-order chi connectivity index (χ1) is 19.3. The Hall–Kier alpha value is -1.44. The number of unbranched alkanes of at least 4 members (excludes halogenated alkanes) is 14. The molecule has 0 aromatic carbocycles. The normalized spacial score (nSPS) is 14.0. The number of rotatable bonds is 28. The molecule has 3 N–H and O–H groups in total. The molecular weight excluding hydrogens is 522 g/mol. The predicted molar refractivity (Wildman–Crippen MR) is 170 cm³/mol. The summed E-state index contributed by atoms with van der Waals surface area (Å²) in [4.78, 5) is 12.4. The van der Waals surface area contributed by atoms with Gasteiger partial charge in [0.25, 0.3) is 10.1 Å². The van der Waals surface area contributed by atoms with Crippen LogP contribution >= 0.6 is 0 Å². The average Bonchev–Trinajstić information content (AvgIpc) is 2.90. The van der Waals surface area contributed by atoms with Crippen molar-refractivity contribution in [1.29, 1.82) is 0 Å². The molecule has 2 unspecified atom stereocenters. The second-order valence-corrected chi connectivity index (χ2v) is 12.6. The fraction of sp³-hybridized carbons (Fsp3) is 0.788. The van der Waals surface area contributed by atoms with E-state index in [1.807, 2.05) is 0 Å². The maximum Gasteiger partial charge on any atom is 0.266 e. The number of hydrogen-bond acceptors (Lipinski definition) is 4. The molecule has 7 heteroatoms. The zero-order chi connectivity index (χ0) is 29.7. The molecule has 1 amide bonds. The smallest absolute Gasteiger partial charge is 0.266 e. The van der Waals surface area contributed by atoms with Gasteiger partial charge >= 0.3 is 0 Å². The number of hydrogen-bond donors (Lipinski definition) is 3. The van der Waals surface area contributed by atoms with Crippen LogP contribution in [0.15, 0.2) is 36.5 Å². The molecule has 0 heterocycles. The van der Waals surface area contributed by atoms with Crippen molar-refractivity contribution in [3.63, 3.8) is 0 Å². The van der Waals surface area contributed by atoms with Crippen molar-refractivity contribution < 1.29 is 22.9 Å². The van der Waals surface area contributed by atoms with Crippen LogP contribution in [-0.4, -0.2) is 41.9 Å². The van der Waals surface area contributed by atoms with Crippen LogP contribution < -0.4 is 5.32 Å². The summed E-state index contributed by atoms with van der Waals surface area (Å²) < 4.78 is 32.2. The van der Waals surface area contributed by atoms with Gasteiger partial charge in [-0.2, -0.15) is 8.42 Å². The summed E-state index contributed by atoms with van der Waals surface area (Å²) in [6.07, 6.45) is 33.9. The van der Waals surface area contributed by atoms with Gasteiger partial charge in [0.15, 0.2) is 0 Å². The molecule has 0 rings (SSSR count). The first-order valence-electron chi connectivity index (χ1n) is 16.2. The first-order valence-corrected chi connectivity index (χ1v) is 17.8. The van der Waals surface area contributed by atoms with Crippen LogP contribution in [0.5, 0.6) is 0 Å². The highest BCUT2D eigenvalue weighted by molar-refractivity contribution is 7.85. The standard InChI is InChI=1S/C33H61NO5S/c1-3-5-7-9-11-13-14-15-16-17-18-19-20-21-23-25-27-29-33(36)34-31(30-40(37,38)39)32(35)28-26-24-22-12-10-8-6-4-2/h5,7,11,13,15-16,31-32,35H,3-4,6,8-10,12,14,17-30H2,1-2H3,(H,34,36)(H,37,38,39)/b7-5-,13-11-,16-15-. The van der Waals surface area contributed by atoms with Gasteiger partial charge < -0.3 is 10.4 Å². The van der Waals surface area contributed by atoms with Crippen molar-refractivity contribution in [3.05, 3.63) is 36.5 Å². The minimum absolute atomic E-state index is 0.261. The molecule has 0 aromatic heterocycles. The average molecular weight is 584 g/mol. The highest BCUT2D eigenvalue weighted by Gasteiger charge is 2.26. The summed E-state index contributed by atoms with van der Waals surface area (Å²) in [6, 6.07) is -0.972. The molecule has 0 bridgehead atoms. The number of nitrogens with one attached hydrogen (secondary N) is 1. The van der Waals surface area contributed by atoms with E-state index >= 15 is 0 Å². The minimum atomic E-state index is -4.30. The molecule has 0 aliphatic carbocycles. The summed E-state index contributed by atoms with van der Waals surface area (Å²) in [5.74, 6) is -0.915. The van der Waals surface area contributed by atoms with Crippen molar-refractivity contribution in [1.82, 2.24) is 5.32 Å². The minimum Gasteiger partial charge on any atom is -0.391 e. The predicted octanol–water partition coefficient (Wildman–Crippen LogP) is 8.62. The van der Waals surface area contributed by atoms with E-state index in [2.05, 4.69) is 55.6 Å². The van der Waals surface area contributed by atoms with Crippen LogP contribution in [0.3, 0.4) is 0 Å². The largest absolute Gasteiger partial charge is 0.391 e. The van der Waals surface area contributed by atoms with Gasteiger partial charge in [-0.1, -0.05) is 134 Å². The number of aliphatic hydroxyl groups is 1. The molecule has 0 saturated heterocycles. The molecule has 0 aliphatic heterocycles. The van der Waals surface area contributed by atoms with Gasteiger partial charge in [0.05, 0.1) is 17.9 Å². The summed E-state index contributed by atoms with van der Waals surface area (Å²) in [5.41, 5.74) is 0. The number of amides is 1. The van der Waals surface area contributed by atoms with E-state index in [0.29, 0.717) is 12.8 Å². The SMILES string of the molecule is CC/C=C\C/C=C\C/C=C\CCCCCCCCCC(=O)NC(CS(=O)(=O)O)C(O)CCCCCCCCCC. The van der Waals surface area contributed by atoms with Gasteiger partial charge in [0, 0.05) is 6.42 Å². The van der Waals surface area contributed by atoms with E-state index in [1.165, 1.54) is 51.4 Å². The molecule has 0 radical (unpaired) electrons. The number of aliphatic hydroxyl groups excluding tert-OH is 1. The Labute approximate surface area is 246 Å². The zero-order valence-electron chi connectivity index (χ0n) is 25.7. The molecule has 0 saturated carbocycles. The van der Waals surface area contributed by atoms with Crippen molar-refractivity contribution in [2.24, 2.45) is 0 Å². The Morgan fingerprint density at radius 1 is 0.700 bits per heavy atom. The first kappa shape index (κ1) is 38.6. The van der Waals surface area contributed by atoms with Crippen LogP contribution in [-0.2, 0) is 14.9 Å². The van der Waals surface area contributed by atoms with Gasteiger partial charge in [0.2, 0.25) is 5.91 Å². The van der Waals surface area contributed by atoms with Crippen molar-refractivity contribution in [3.8, 4) is 0 Å². The second-order valence-electron chi connectivity index (χ2n) is 11.1. The van der Waals surface area contributed by atoms with Gasteiger partial charge in [0.1, 0.15) is 0 Å². The molecule has 0 fully saturated rings. The molecule has 0 spiro atoms. The fourth-order valence-electron chi connectivity index (χ4n) is 4.70. The zero-order valence-corrected chi connectivity index (χ0v) is 26.5. The third-order valence-electron chi connectivity index (χ3n) is 7.11. The Morgan fingerprint density at radius 2 is 1.20 bits per heavy atom. The topological polar surface area (TPSA) is 104 Å². The monoisotopic (exact) mass is 583 g/mol. The molecular formula is C33H61NO5S. The summed E-state index contributed by atoms with van der Waals surface area (Å²) >= 11 is 0. The quantitative estimate of drug-likeness (QED) is 0.0486. The Balaban J connectivity index is 3.95. The molecule has 0 aromatic rings. The van der Waals surface area contributed by atoms with Crippen molar-refractivity contribution >= 4 is 16.0 Å². The van der Waals surface area contributed by atoms with Crippen LogP contribution in [0, 0.1) is 0 Å². The van der Waals surface area contributed by atoms with Gasteiger partial charge in [-0.3, -0.25) is 9.35 Å². The van der Waals surface area contributed by atoms with E-state index in [9.17, 15) is 22.9 Å². The lowest BCUT2D eigenvalue weighted by Gasteiger charge is -2.23. The lowest BCUT2D eigenvalue weighted by Crippen LogP contribution is -2.47. The maximum absolute atomic E-state index is 12.4. The van der Waals surface area contributed by atoms with Crippen LogP contribution in [0.25, 0.3) is 0 Å². The second kappa shape index (κ2) is 27.7. The lowest BCUT2D eigenvalue weighted by atomic mass is 10.0. The van der Waals surface area contributed by atoms with Crippen molar-refractivity contribution in [2.75, 3.05) is 5.75 Å². The molecule has 2 atom stereocenters. The van der Waals surface area contributed by atoms with E-state index < -0.39 is 28.0 Å².